The zero-order valence-electron chi connectivity index (χ0n) is 15.9. The first-order valence-electron chi connectivity index (χ1n) is 8.98. The molecule has 0 aliphatic heterocycles. The zero-order chi connectivity index (χ0) is 21.0. The number of halogens is 2. The fourth-order valence-corrected chi connectivity index (χ4v) is 2.82. The highest BCUT2D eigenvalue weighted by Gasteiger charge is 2.20. The van der Waals surface area contributed by atoms with Crippen molar-refractivity contribution in [1.82, 2.24) is 9.78 Å². The number of benzene rings is 2. The Hall–Kier alpha value is -3.19. The average Bonchev–Trinajstić information content (AvgIpc) is 2.71. The van der Waals surface area contributed by atoms with Gasteiger partial charge in [-0.1, -0.05) is 24.6 Å². The van der Waals surface area contributed by atoms with Crippen molar-refractivity contribution in [3.8, 4) is 11.6 Å². The lowest BCUT2D eigenvalue weighted by molar-refractivity contribution is -0.123. The zero-order valence-corrected chi connectivity index (χ0v) is 16.6. The maximum Gasteiger partial charge on any atom is 0.271 e. The maximum atomic E-state index is 13.1. The number of nitrogens with zero attached hydrogens (tertiary/aromatic N) is 2. The van der Waals surface area contributed by atoms with E-state index in [1.54, 1.807) is 32.0 Å². The molecule has 0 aliphatic carbocycles. The number of amides is 1. The minimum atomic E-state index is -0.833. The Morgan fingerprint density at radius 3 is 2.62 bits per heavy atom. The van der Waals surface area contributed by atoms with E-state index in [0.717, 1.165) is 10.2 Å². The highest BCUT2D eigenvalue weighted by molar-refractivity contribution is 6.31. The van der Waals surface area contributed by atoms with Gasteiger partial charge in [0.1, 0.15) is 5.82 Å². The van der Waals surface area contributed by atoms with Crippen molar-refractivity contribution in [3.63, 3.8) is 0 Å². The first-order chi connectivity index (χ1) is 13.9. The number of hydrogen-bond acceptors (Lipinski definition) is 4. The van der Waals surface area contributed by atoms with E-state index in [9.17, 15) is 14.0 Å². The molecule has 0 bridgehead atoms. The summed E-state index contributed by atoms with van der Waals surface area (Å²) in [5.41, 5.74) is 1.32. The van der Waals surface area contributed by atoms with E-state index >= 15 is 0 Å². The van der Waals surface area contributed by atoms with Gasteiger partial charge in [-0.15, -0.1) is 5.10 Å². The molecule has 0 aliphatic rings. The quantitative estimate of drug-likeness (QED) is 0.657. The smallest absolute Gasteiger partial charge is 0.271 e. The van der Waals surface area contributed by atoms with Gasteiger partial charge in [0, 0.05) is 22.8 Å². The molecule has 150 valence electrons. The molecule has 1 amide bonds. The summed E-state index contributed by atoms with van der Waals surface area (Å²) in [7, 11) is 0. The lowest BCUT2D eigenvalue weighted by Gasteiger charge is -2.18. The summed E-state index contributed by atoms with van der Waals surface area (Å²) in [6, 6.07) is 13.2. The fraction of sp³-hybridized carbons (Fsp3) is 0.190. The van der Waals surface area contributed by atoms with Gasteiger partial charge in [-0.2, -0.15) is 4.68 Å². The first-order valence-corrected chi connectivity index (χ1v) is 9.35. The monoisotopic (exact) mass is 415 g/mol. The normalized spacial score (nSPS) is 11.7. The third-order valence-corrected chi connectivity index (χ3v) is 4.71. The predicted octanol–water partition coefficient (Wildman–Crippen LogP) is 4.13. The van der Waals surface area contributed by atoms with Crippen LogP contribution in [0.1, 0.15) is 18.9 Å². The van der Waals surface area contributed by atoms with Gasteiger partial charge in [-0.3, -0.25) is 9.59 Å². The van der Waals surface area contributed by atoms with Gasteiger partial charge < -0.3 is 10.1 Å². The molecule has 6 nitrogen and oxygen atoms in total. The summed E-state index contributed by atoms with van der Waals surface area (Å²) in [6.07, 6.45) is -0.456. The van der Waals surface area contributed by atoms with Crippen molar-refractivity contribution in [2.24, 2.45) is 0 Å². The second-order valence-corrected chi connectivity index (χ2v) is 6.72. The highest BCUT2D eigenvalue weighted by atomic mass is 35.5. The Morgan fingerprint density at radius 2 is 1.93 bits per heavy atom. The van der Waals surface area contributed by atoms with E-state index in [1.165, 1.54) is 36.4 Å². The van der Waals surface area contributed by atoms with Crippen LogP contribution < -0.4 is 15.6 Å². The summed E-state index contributed by atoms with van der Waals surface area (Å²) in [5.74, 6) is -0.689. The van der Waals surface area contributed by atoms with Crippen LogP contribution in [0.2, 0.25) is 5.02 Å². The Morgan fingerprint density at radius 1 is 1.21 bits per heavy atom. The van der Waals surface area contributed by atoms with Crippen LogP contribution in [0.15, 0.2) is 59.4 Å². The van der Waals surface area contributed by atoms with Crippen LogP contribution in [-0.2, 0) is 4.79 Å². The van der Waals surface area contributed by atoms with Crippen LogP contribution in [0, 0.1) is 12.7 Å². The number of hydrogen-bond donors (Lipinski definition) is 1. The van der Waals surface area contributed by atoms with Crippen molar-refractivity contribution in [3.05, 3.63) is 81.4 Å². The van der Waals surface area contributed by atoms with Crippen LogP contribution in [0.4, 0.5) is 10.1 Å². The van der Waals surface area contributed by atoms with Gasteiger partial charge >= 0.3 is 0 Å². The Kier molecular flexibility index (Phi) is 6.29. The summed E-state index contributed by atoms with van der Waals surface area (Å²) in [6.45, 7) is 3.60. The van der Waals surface area contributed by atoms with Crippen molar-refractivity contribution in [2.75, 3.05) is 5.32 Å². The van der Waals surface area contributed by atoms with Gasteiger partial charge in [0.15, 0.2) is 6.10 Å². The van der Waals surface area contributed by atoms with Gasteiger partial charge in [-0.05, 0) is 55.3 Å². The third kappa shape index (κ3) is 4.81. The Labute approximate surface area is 171 Å². The molecule has 29 heavy (non-hydrogen) atoms. The van der Waals surface area contributed by atoms with Crippen LogP contribution in [0.5, 0.6) is 5.88 Å². The van der Waals surface area contributed by atoms with E-state index in [4.69, 9.17) is 16.3 Å². The first kappa shape index (κ1) is 20.5. The summed E-state index contributed by atoms with van der Waals surface area (Å²) in [5, 5.41) is 7.49. The molecule has 1 heterocycles. The number of carbonyl (C=O) groups excluding carboxylic acids is 1. The molecular formula is C21H19ClFN3O3. The molecule has 0 spiro atoms. The molecule has 1 aromatic heterocycles. The largest absolute Gasteiger partial charge is 0.463 e. The number of anilines is 1. The number of rotatable bonds is 6. The predicted molar refractivity (Wildman–Crippen MR) is 109 cm³/mol. The molecular weight excluding hydrogens is 397 g/mol. The molecule has 3 aromatic rings. The number of carbonyl (C=O) groups is 1. The van der Waals surface area contributed by atoms with Crippen molar-refractivity contribution in [2.45, 2.75) is 26.4 Å². The van der Waals surface area contributed by atoms with Gasteiger partial charge in [0.05, 0.1) is 5.69 Å². The molecule has 8 heteroatoms. The summed E-state index contributed by atoms with van der Waals surface area (Å²) < 4.78 is 19.9. The molecule has 1 N–H and O–H groups in total. The average molecular weight is 416 g/mol. The second-order valence-electron chi connectivity index (χ2n) is 6.31. The number of nitrogens with one attached hydrogen (secondary N) is 1. The fourth-order valence-electron chi connectivity index (χ4n) is 2.65. The molecule has 0 radical (unpaired) electrons. The SMILES string of the molecule is CC[C@H](Oc1ccc(=O)n(-c2ccc(F)cc2)n1)C(=O)Nc1cccc(Cl)c1C. The van der Waals surface area contributed by atoms with Crippen molar-refractivity contribution in [1.29, 1.82) is 0 Å². The van der Waals surface area contributed by atoms with Crippen LogP contribution >= 0.6 is 11.6 Å². The minimum Gasteiger partial charge on any atom is -0.463 e. The van der Waals surface area contributed by atoms with E-state index in [-0.39, 0.29) is 11.8 Å². The molecule has 0 saturated heterocycles. The Balaban J connectivity index is 1.81. The van der Waals surface area contributed by atoms with Crippen molar-refractivity contribution >= 4 is 23.2 Å². The molecule has 0 unspecified atom stereocenters. The molecule has 0 saturated carbocycles. The molecule has 3 rings (SSSR count). The third-order valence-electron chi connectivity index (χ3n) is 4.30. The summed E-state index contributed by atoms with van der Waals surface area (Å²) >= 11 is 6.09. The van der Waals surface area contributed by atoms with E-state index < -0.39 is 17.5 Å². The van der Waals surface area contributed by atoms with E-state index in [0.29, 0.717) is 22.8 Å². The topological polar surface area (TPSA) is 73.2 Å². The number of ether oxygens (including phenoxy) is 1. The van der Waals surface area contributed by atoms with Crippen LogP contribution in [0.25, 0.3) is 5.69 Å². The summed E-state index contributed by atoms with van der Waals surface area (Å²) in [4.78, 5) is 24.8. The highest BCUT2D eigenvalue weighted by Crippen LogP contribution is 2.23. The van der Waals surface area contributed by atoms with Gasteiger partial charge in [0.2, 0.25) is 5.88 Å². The second kappa shape index (κ2) is 8.87. The Bertz CT molecular complexity index is 1080. The number of aromatic nitrogens is 2. The van der Waals surface area contributed by atoms with Gasteiger partial charge in [0.25, 0.3) is 11.5 Å². The minimum absolute atomic E-state index is 0.0961. The van der Waals surface area contributed by atoms with Crippen molar-refractivity contribution < 1.29 is 13.9 Å². The van der Waals surface area contributed by atoms with Gasteiger partial charge in [-0.25, -0.2) is 4.39 Å². The van der Waals surface area contributed by atoms with E-state index in [1.807, 2.05) is 0 Å². The lowest BCUT2D eigenvalue weighted by atomic mass is 10.2. The molecule has 2 aromatic carbocycles. The standard InChI is InChI=1S/C21H19ClFN3O3/c1-3-18(21(28)24-17-6-4-5-16(22)13(17)2)29-19-11-12-20(27)26(25-19)15-9-7-14(23)8-10-15/h4-12,18H,3H2,1-2H3,(H,24,28)/t18-/m0/s1. The van der Waals surface area contributed by atoms with Crippen LogP contribution in [0.3, 0.4) is 0 Å². The molecule has 0 fully saturated rings. The maximum absolute atomic E-state index is 13.1. The lowest BCUT2D eigenvalue weighted by Crippen LogP contribution is -2.33. The van der Waals surface area contributed by atoms with Crippen LogP contribution in [-0.4, -0.2) is 21.8 Å². The molecule has 1 atom stereocenters. The van der Waals surface area contributed by atoms with E-state index in [2.05, 4.69) is 10.4 Å².